The number of rotatable bonds is 3. The minimum absolute atomic E-state index is 0.371. The minimum Gasteiger partial charge on any atom is -0.381 e. The summed E-state index contributed by atoms with van der Waals surface area (Å²) in [5.74, 6) is 0.892. The van der Waals surface area contributed by atoms with Crippen LogP contribution in [0.5, 0.6) is 0 Å². The van der Waals surface area contributed by atoms with Crippen molar-refractivity contribution in [1.29, 1.82) is 0 Å². The average Bonchev–Trinajstić information content (AvgIpc) is 2.40. The summed E-state index contributed by atoms with van der Waals surface area (Å²) in [5, 5.41) is 0. The van der Waals surface area contributed by atoms with E-state index in [-0.39, 0.29) is 0 Å². The standard InChI is InChI=1S/C8H14O2/c1-2-8(9)5-7-3-4-10-6-7/h7H,2-6H2,1H3. The predicted molar refractivity (Wildman–Crippen MR) is 38.8 cm³/mol. The van der Waals surface area contributed by atoms with Crippen molar-refractivity contribution in [2.24, 2.45) is 5.92 Å². The first kappa shape index (κ1) is 7.73. The van der Waals surface area contributed by atoms with Crippen LogP contribution in [0.1, 0.15) is 26.2 Å². The van der Waals surface area contributed by atoms with Crippen LogP contribution in [0, 0.1) is 5.92 Å². The van der Waals surface area contributed by atoms with Gasteiger partial charge in [-0.25, -0.2) is 0 Å². The minimum atomic E-state index is 0.371. The summed E-state index contributed by atoms with van der Waals surface area (Å²) in [6.45, 7) is 3.56. The molecular formula is C8H14O2. The molecule has 0 aliphatic carbocycles. The SMILES string of the molecule is CCC(=O)CC1CCOC1. The van der Waals surface area contributed by atoms with Gasteiger partial charge in [0, 0.05) is 26.1 Å². The zero-order valence-electron chi connectivity index (χ0n) is 6.43. The Morgan fingerprint density at radius 3 is 3.00 bits per heavy atom. The molecule has 1 saturated heterocycles. The number of carbonyl (C=O) groups is 1. The number of ketones is 1. The van der Waals surface area contributed by atoms with E-state index in [4.69, 9.17) is 4.74 Å². The maximum atomic E-state index is 10.9. The summed E-state index contributed by atoms with van der Waals surface area (Å²) in [6.07, 6.45) is 2.48. The van der Waals surface area contributed by atoms with E-state index >= 15 is 0 Å². The van der Waals surface area contributed by atoms with Crippen molar-refractivity contribution < 1.29 is 9.53 Å². The van der Waals surface area contributed by atoms with Crippen molar-refractivity contribution >= 4 is 5.78 Å². The predicted octanol–water partition coefficient (Wildman–Crippen LogP) is 1.39. The Morgan fingerprint density at radius 2 is 2.50 bits per heavy atom. The van der Waals surface area contributed by atoms with Crippen LogP contribution in [-0.2, 0) is 9.53 Å². The molecule has 0 saturated carbocycles. The van der Waals surface area contributed by atoms with Crippen molar-refractivity contribution in [3.63, 3.8) is 0 Å². The molecular weight excluding hydrogens is 128 g/mol. The van der Waals surface area contributed by atoms with Crippen LogP contribution in [0.4, 0.5) is 0 Å². The van der Waals surface area contributed by atoms with E-state index in [9.17, 15) is 4.79 Å². The van der Waals surface area contributed by atoms with Crippen LogP contribution in [0.3, 0.4) is 0 Å². The second-order valence-electron chi connectivity index (χ2n) is 2.83. The molecule has 1 aliphatic heterocycles. The van der Waals surface area contributed by atoms with E-state index in [0.717, 1.165) is 26.1 Å². The molecule has 58 valence electrons. The van der Waals surface area contributed by atoms with Gasteiger partial charge < -0.3 is 4.74 Å². The van der Waals surface area contributed by atoms with Gasteiger partial charge in [-0.15, -0.1) is 0 Å². The van der Waals surface area contributed by atoms with Gasteiger partial charge in [-0.3, -0.25) is 4.79 Å². The van der Waals surface area contributed by atoms with Gasteiger partial charge in [0.25, 0.3) is 0 Å². The fourth-order valence-electron chi connectivity index (χ4n) is 1.21. The molecule has 0 amide bonds. The summed E-state index contributed by atoms with van der Waals surface area (Å²) in [5.41, 5.74) is 0. The average molecular weight is 142 g/mol. The van der Waals surface area contributed by atoms with Crippen LogP contribution in [0.15, 0.2) is 0 Å². The number of hydrogen-bond acceptors (Lipinski definition) is 2. The Kier molecular flexibility index (Phi) is 2.87. The molecule has 1 rings (SSSR count). The van der Waals surface area contributed by atoms with Crippen LogP contribution >= 0.6 is 0 Å². The number of carbonyl (C=O) groups excluding carboxylic acids is 1. The molecule has 1 unspecified atom stereocenters. The summed E-state index contributed by atoms with van der Waals surface area (Å²) in [4.78, 5) is 10.9. The highest BCUT2D eigenvalue weighted by atomic mass is 16.5. The first-order chi connectivity index (χ1) is 4.83. The number of hydrogen-bond donors (Lipinski definition) is 0. The highest BCUT2D eigenvalue weighted by Crippen LogP contribution is 2.16. The van der Waals surface area contributed by atoms with E-state index in [1.54, 1.807) is 0 Å². The Balaban J connectivity index is 2.17. The van der Waals surface area contributed by atoms with Crippen molar-refractivity contribution in [1.82, 2.24) is 0 Å². The zero-order valence-corrected chi connectivity index (χ0v) is 6.43. The molecule has 0 aromatic carbocycles. The monoisotopic (exact) mass is 142 g/mol. The molecule has 2 nitrogen and oxygen atoms in total. The van der Waals surface area contributed by atoms with E-state index in [0.29, 0.717) is 18.1 Å². The van der Waals surface area contributed by atoms with Crippen molar-refractivity contribution in [3.8, 4) is 0 Å². The fraction of sp³-hybridized carbons (Fsp3) is 0.875. The first-order valence-corrected chi connectivity index (χ1v) is 3.92. The van der Waals surface area contributed by atoms with Gasteiger partial charge in [0.2, 0.25) is 0 Å². The maximum Gasteiger partial charge on any atom is 0.133 e. The largest absolute Gasteiger partial charge is 0.381 e. The van der Waals surface area contributed by atoms with Gasteiger partial charge in [-0.1, -0.05) is 6.92 Å². The number of ether oxygens (including phenoxy) is 1. The fourth-order valence-corrected chi connectivity index (χ4v) is 1.21. The van der Waals surface area contributed by atoms with Gasteiger partial charge in [-0.05, 0) is 12.3 Å². The second kappa shape index (κ2) is 3.71. The lowest BCUT2D eigenvalue weighted by Gasteiger charge is -2.02. The van der Waals surface area contributed by atoms with E-state index in [1.807, 2.05) is 6.92 Å². The molecule has 0 bridgehead atoms. The Bertz CT molecular complexity index is 114. The first-order valence-electron chi connectivity index (χ1n) is 3.92. The molecule has 10 heavy (non-hydrogen) atoms. The third kappa shape index (κ3) is 2.10. The molecule has 0 N–H and O–H groups in total. The van der Waals surface area contributed by atoms with Crippen LogP contribution in [0.25, 0.3) is 0 Å². The van der Waals surface area contributed by atoms with Gasteiger partial charge in [0.15, 0.2) is 0 Å². The smallest absolute Gasteiger partial charge is 0.133 e. The summed E-state index contributed by atoms with van der Waals surface area (Å²) in [6, 6.07) is 0. The normalized spacial score (nSPS) is 25.1. The van der Waals surface area contributed by atoms with Crippen LogP contribution < -0.4 is 0 Å². The third-order valence-electron chi connectivity index (χ3n) is 1.93. The third-order valence-corrected chi connectivity index (χ3v) is 1.93. The second-order valence-corrected chi connectivity index (χ2v) is 2.83. The summed E-state index contributed by atoms with van der Waals surface area (Å²) in [7, 11) is 0. The van der Waals surface area contributed by atoms with Crippen molar-refractivity contribution in [2.45, 2.75) is 26.2 Å². The molecule has 2 heteroatoms. The molecule has 0 radical (unpaired) electrons. The van der Waals surface area contributed by atoms with Crippen LogP contribution in [-0.4, -0.2) is 19.0 Å². The Hall–Kier alpha value is -0.370. The van der Waals surface area contributed by atoms with Gasteiger partial charge in [0.05, 0.1) is 0 Å². The topological polar surface area (TPSA) is 26.3 Å². The van der Waals surface area contributed by atoms with E-state index in [1.165, 1.54) is 0 Å². The van der Waals surface area contributed by atoms with Gasteiger partial charge >= 0.3 is 0 Å². The summed E-state index contributed by atoms with van der Waals surface area (Å²) < 4.78 is 5.15. The molecule has 0 aromatic rings. The quantitative estimate of drug-likeness (QED) is 0.595. The van der Waals surface area contributed by atoms with Gasteiger partial charge in [0.1, 0.15) is 5.78 Å². The summed E-state index contributed by atoms with van der Waals surface area (Å²) >= 11 is 0. The van der Waals surface area contributed by atoms with E-state index in [2.05, 4.69) is 0 Å². The van der Waals surface area contributed by atoms with Crippen molar-refractivity contribution in [2.75, 3.05) is 13.2 Å². The lowest BCUT2D eigenvalue weighted by Crippen LogP contribution is -2.06. The van der Waals surface area contributed by atoms with E-state index < -0.39 is 0 Å². The molecule has 1 aliphatic rings. The lowest BCUT2D eigenvalue weighted by atomic mass is 10.0. The van der Waals surface area contributed by atoms with Crippen molar-refractivity contribution in [3.05, 3.63) is 0 Å². The molecule has 1 heterocycles. The van der Waals surface area contributed by atoms with Crippen LogP contribution in [0.2, 0.25) is 0 Å². The molecule has 1 atom stereocenters. The highest BCUT2D eigenvalue weighted by molar-refractivity contribution is 5.78. The molecule has 0 aromatic heterocycles. The molecule has 0 spiro atoms. The molecule has 1 fully saturated rings. The number of Topliss-reactive ketones (excluding diaryl/α,β-unsaturated/α-hetero) is 1. The highest BCUT2D eigenvalue weighted by Gasteiger charge is 2.17. The maximum absolute atomic E-state index is 10.9. The Labute approximate surface area is 61.6 Å². The Morgan fingerprint density at radius 1 is 1.70 bits per heavy atom. The lowest BCUT2D eigenvalue weighted by molar-refractivity contribution is -0.119. The zero-order chi connectivity index (χ0) is 7.40. The van der Waals surface area contributed by atoms with Gasteiger partial charge in [-0.2, -0.15) is 0 Å².